The predicted octanol–water partition coefficient (Wildman–Crippen LogP) is 5.81. The Kier molecular flexibility index (Phi) is 5.13. The number of ketones is 1. The summed E-state index contributed by atoms with van der Waals surface area (Å²) in [6.07, 6.45) is 2.25. The van der Waals surface area contributed by atoms with Crippen LogP contribution in [-0.4, -0.2) is 12.9 Å². The molecule has 0 saturated heterocycles. The van der Waals surface area contributed by atoms with E-state index in [1.165, 1.54) is 18.2 Å². The number of hydrogen-bond acceptors (Lipinski definition) is 4. The molecule has 2 N–H and O–H groups in total. The van der Waals surface area contributed by atoms with Gasteiger partial charge in [0.1, 0.15) is 23.2 Å². The molecular formula is C26H22F2N2O2. The minimum atomic E-state index is -0.872. The lowest BCUT2D eigenvalue weighted by atomic mass is 9.76. The first-order valence-electron chi connectivity index (χ1n) is 10.5. The second-order valence-corrected chi connectivity index (χ2v) is 8.08. The van der Waals surface area contributed by atoms with Crippen LogP contribution >= 0.6 is 0 Å². The van der Waals surface area contributed by atoms with Crippen LogP contribution in [0.4, 0.5) is 20.2 Å². The van der Waals surface area contributed by atoms with E-state index >= 15 is 0 Å². The number of ether oxygens (including phenoxy) is 1. The van der Waals surface area contributed by atoms with E-state index in [0.717, 1.165) is 17.0 Å². The lowest BCUT2D eigenvalue weighted by Crippen LogP contribution is -2.34. The molecular weight excluding hydrogens is 410 g/mol. The van der Waals surface area contributed by atoms with E-state index < -0.39 is 23.6 Å². The van der Waals surface area contributed by atoms with Gasteiger partial charge in [-0.2, -0.15) is 0 Å². The zero-order valence-corrected chi connectivity index (χ0v) is 17.4. The molecule has 0 bridgehead atoms. The second-order valence-electron chi connectivity index (χ2n) is 8.08. The van der Waals surface area contributed by atoms with Crippen molar-refractivity contribution in [2.24, 2.45) is 5.92 Å². The van der Waals surface area contributed by atoms with Crippen LogP contribution < -0.4 is 15.4 Å². The molecule has 0 aromatic heterocycles. The number of allylic oxidation sites excluding steroid dienone is 1. The van der Waals surface area contributed by atoms with E-state index in [-0.39, 0.29) is 23.7 Å². The lowest BCUT2D eigenvalue weighted by Gasteiger charge is -2.32. The van der Waals surface area contributed by atoms with Crippen molar-refractivity contribution in [1.82, 2.24) is 0 Å². The molecule has 3 unspecified atom stereocenters. The van der Waals surface area contributed by atoms with Crippen LogP contribution in [0.25, 0.3) is 0 Å². The first kappa shape index (κ1) is 20.2. The van der Waals surface area contributed by atoms with Gasteiger partial charge in [-0.05, 0) is 42.0 Å². The molecule has 162 valence electrons. The van der Waals surface area contributed by atoms with Crippen LogP contribution in [0.5, 0.6) is 5.75 Å². The highest BCUT2D eigenvalue weighted by Gasteiger charge is 2.41. The first-order chi connectivity index (χ1) is 15.5. The third kappa shape index (κ3) is 3.51. The van der Waals surface area contributed by atoms with Gasteiger partial charge in [-0.1, -0.05) is 36.4 Å². The largest absolute Gasteiger partial charge is 0.497 e. The number of rotatable bonds is 3. The number of carbonyl (C=O) groups is 1. The van der Waals surface area contributed by atoms with Gasteiger partial charge in [0.2, 0.25) is 0 Å². The molecule has 6 heteroatoms. The number of anilines is 2. The van der Waals surface area contributed by atoms with E-state index in [4.69, 9.17) is 4.74 Å². The first-order valence-corrected chi connectivity index (χ1v) is 10.5. The molecule has 3 aromatic rings. The second kappa shape index (κ2) is 8.11. The van der Waals surface area contributed by atoms with Crippen molar-refractivity contribution in [1.29, 1.82) is 0 Å². The van der Waals surface area contributed by atoms with Crippen molar-refractivity contribution in [3.05, 3.63) is 101 Å². The van der Waals surface area contributed by atoms with Gasteiger partial charge in [-0.15, -0.1) is 0 Å². The fourth-order valence-electron chi connectivity index (χ4n) is 4.62. The summed E-state index contributed by atoms with van der Waals surface area (Å²) in [6, 6.07) is 17.9. The Balaban J connectivity index is 1.63. The average Bonchev–Trinajstić information content (AvgIpc) is 2.96. The molecule has 5 rings (SSSR count). The van der Waals surface area contributed by atoms with Crippen molar-refractivity contribution in [2.75, 3.05) is 17.7 Å². The molecule has 0 fully saturated rings. The standard InChI is InChI=1S/C26H22F2N2O2/c1-32-17-11-9-15(10-12-17)16-13-22-25(23(31)14-16)26(24-18(27)5-4-6-19(24)28)30-21-8-3-2-7-20(21)29-22/h2-13,16,25-26,29-30H,14H2,1H3. The minimum Gasteiger partial charge on any atom is -0.497 e. The van der Waals surface area contributed by atoms with Gasteiger partial charge < -0.3 is 15.4 Å². The Morgan fingerprint density at radius 1 is 0.906 bits per heavy atom. The predicted molar refractivity (Wildman–Crippen MR) is 120 cm³/mol. The van der Waals surface area contributed by atoms with Crippen molar-refractivity contribution in [3.8, 4) is 5.75 Å². The van der Waals surface area contributed by atoms with E-state index in [1.54, 1.807) is 7.11 Å². The van der Waals surface area contributed by atoms with Gasteiger partial charge >= 0.3 is 0 Å². The number of benzene rings is 3. The van der Waals surface area contributed by atoms with Crippen LogP contribution in [0.1, 0.15) is 29.5 Å². The quantitative estimate of drug-likeness (QED) is 0.549. The fraction of sp³-hybridized carbons (Fsp3) is 0.192. The maximum absolute atomic E-state index is 14.8. The monoisotopic (exact) mass is 432 g/mol. The molecule has 2 aliphatic rings. The van der Waals surface area contributed by atoms with Gasteiger partial charge in [-0.3, -0.25) is 4.79 Å². The van der Waals surface area contributed by atoms with Crippen LogP contribution in [-0.2, 0) is 4.79 Å². The van der Waals surface area contributed by atoms with Crippen LogP contribution in [0, 0.1) is 17.6 Å². The molecule has 0 saturated carbocycles. The number of methoxy groups -OCH3 is 1. The highest BCUT2D eigenvalue weighted by atomic mass is 19.1. The molecule has 0 spiro atoms. The maximum Gasteiger partial charge on any atom is 0.145 e. The third-order valence-corrected chi connectivity index (χ3v) is 6.19. The summed E-state index contributed by atoms with van der Waals surface area (Å²) >= 11 is 0. The number of carbonyl (C=O) groups excluding carboxylic acids is 1. The zero-order chi connectivity index (χ0) is 22.2. The normalized spacial score (nSPS) is 21.9. The number of fused-ring (bicyclic) bond motifs is 2. The van der Waals surface area contributed by atoms with Gasteiger partial charge in [0.25, 0.3) is 0 Å². The van der Waals surface area contributed by atoms with Crippen LogP contribution in [0.3, 0.4) is 0 Å². The topological polar surface area (TPSA) is 50.4 Å². The van der Waals surface area contributed by atoms with Crippen molar-refractivity contribution >= 4 is 17.2 Å². The molecule has 1 aliphatic carbocycles. The molecule has 4 nitrogen and oxygen atoms in total. The fourth-order valence-corrected chi connectivity index (χ4v) is 4.62. The van der Waals surface area contributed by atoms with Gasteiger partial charge in [-0.25, -0.2) is 8.78 Å². The summed E-state index contributed by atoms with van der Waals surface area (Å²) < 4.78 is 34.8. The molecule has 32 heavy (non-hydrogen) atoms. The van der Waals surface area contributed by atoms with Crippen molar-refractivity contribution < 1.29 is 18.3 Å². The van der Waals surface area contributed by atoms with Crippen LogP contribution in [0.2, 0.25) is 0 Å². The van der Waals surface area contributed by atoms with E-state index in [9.17, 15) is 13.6 Å². The molecule has 3 aromatic carbocycles. The van der Waals surface area contributed by atoms with Crippen molar-refractivity contribution in [2.45, 2.75) is 18.4 Å². The van der Waals surface area contributed by atoms with Crippen molar-refractivity contribution in [3.63, 3.8) is 0 Å². The Hall–Kier alpha value is -3.67. The third-order valence-electron chi connectivity index (χ3n) is 6.19. The highest BCUT2D eigenvalue weighted by Crippen LogP contribution is 2.45. The summed E-state index contributed by atoms with van der Waals surface area (Å²) in [5.41, 5.74) is 2.94. The average molecular weight is 432 g/mol. The molecule has 0 amide bonds. The van der Waals surface area contributed by atoms with E-state index in [0.29, 0.717) is 11.4 Å². The minimum absolute atomic E-state index is 0.0798. The number of halogens is 2. The SMILES string of the molecule is COc1ccc(C2C=C3Nc4ccccc4NC(c4c(F)cccc4F)C3C(=O)C2)cc1. The summed E-state index contributed by atoms with van der Waals surface area (Å²) in [4.78, 5) is 13.5. The molecule has 1 aliphatic heterocycles. The number of nitrogens with one attached hydrogen (secondary N) is 2. The summed E-state index contributed by atoms with van der Waals surface area (Å²) in [5, 5.41) is 6.60. The van der Waals surface area contributed by atoms with Crippen LogP contribution in [0.15, 0.2) is 78.5 Å². The van der Waals surface area contributed by atoms with E-state index in [2.05, 4.69) is 10.6 Å². The number of hydrogen-bond donors (Lipinski definition) is 2. The Bertz CT molecular complexity index is 1190. The Labute approximate surface area is 184 Å². The molecule has 3 atom stereocenters. The van der Waals surface area contributed by atoms with Gasteiger partial charge in [0.05, 0.1) is 30.4 Å². The number of para-hydroxylation sites is 2. The lowest BCUT2D eigenvalue weighted by molar-refractivity contribution is -0.122. The molecule has 1 heterocycles. The summed E-state index contributed by atoms with van der Waals surface area (Å²) in [6.45, 7) is 0. The Morgan fingerprint density at radius 3 is 2.28 bits per heavy atom. The van der Waals surface area contributed by atoms with Gasteiger partial charge in [0.15, 0.2) is 0 Å². The number of Topliss-reactive ketones (excluding diaryl/α,β-unsaturated/α-hetero) is 1. The maximum atomic E-state index is 14.8. The zero-order valence-electron chi connectivity index (χ0n) is 17.4. The van der Waals surface area contributed by atoms with E-state index in [1.807, 2.05) is 54.6 Å². The molecule has 0 radical (unpaired) electrons. The summed E-state index contributed by atoms with van der Waals surface area (Å²) in [5.74, 6) is -1.59. The highest BCUT2D eigenvalue weighted by molar-refractivity contribution is 5.90. The smallest absolute Gasteiger partial charge is 0.145 e. The van der Waals surface area contributed by atoms with Gasteiger partial charge in [0, 0.05) is 23.6 Å². The Morgan fingerprint density at radius 2 is 1.59 bits per heavy atom. The summed E-state index contributed by atoms with van der Waals surface area (Å²) in [7, 11) is 1.60.